The molecule has 1 aromatic carbocycles. The Morgan fingerprint density at radius 1 is 1.48 bits per heavy atom. The molecule has 0 amide bonds. The smallest absolute Gasteiger partial charge is 0.330 e. The highest BCUT2D eigenvalue weighted by atomic mass is 16.5. The third-order valence-electron chi connectivity index (χ3n) is 3.68. The zero-order valence-corrected chi connectivity index (χ0v) is 12.6. The fourth-order valence-electron chi connectivity index (χ4n) is 2.19. The Kier molecular flexibility index (Phi) is 4.85. The monoisotopic (exact) mass is 289 g/mol. The number of nitrogens with two attached hydrogens (primary N) is 2. The van der Waals surface area contributed by atoms with E-state index in [0.717, 1.165) is 23.4 Å². The van der Waals surface area contributed by atoms with Gasteiger partial charge in [-0.25, -0.2) is 10.6 Å². The van der Waals surface area contributed by atoms with Crippen molar-refractivity contribution >= 4 is 23.4 Å². The number of rotatable bonds is 6. The molecule has 0 aliphatic heterocycles. The maximum atomic E-state index is 11.3. The second kappa shape index (κ2) is 6.63. The van der Waals surface area contributed by atoms with Gasteiger partial charge in [0.15, 0.2) is 0 Å². The fraction of sp³-hybridized carbons (Fsp3) is 0.438. The molecule has 21 heavy (non-hydrogen) atoms. The van der Waals surface area contributed by atoms with E-state index in [2.05, 4.69) is 0 Å². The number of esters is 1. The van der Waals surface area contributed by atoms with Gasteiger partial charge in [-0.1, -0.05) is 6.07 Å². The van der Waals surface area contributed by atoms with Crippen LogP contribution in [-0.2, 0) is 9.53 Å². The predicted molar refractivity (Wildman–Crippen MR) is 85.5 cm³/mol. The first-order valence-electron chi connectivity index (χ1n) is 7.29. The van der Waals surface area contributed by atoms with E-state index in [4.69, 9.17) is 16.3 Å². The average molecular weight is 289 g/mol. The maximum absolute atomic E-state index is 11.3. The van der Waals surface area contributed by atoms with Crippen molar-refractivity contribution in [2.75, 3.05) is 23.9 Å². The van der Waals surface area contributed by atoms with Crippen LogP contribution < -0.4 is 16.6 Å². The summed E-state index contributed by atoms with van der Waals surface area (Å²) in [6, 6.07) is 3.82. The summed E-state index contributed by atoms with van der Waals surface area (Å²) in [4.78, 5) is 11.3. The largest absolute Gasteiger partial charge is 0.463 e. The molecule has 1 fully saturated rings. The van der Waals surface area contributed by atoms with Crippen LogP contribution in [0.2, 0.25) is 0 Å². The Bertz CT molecular complexity index is 551. The number of carbonyl (C=O) groups is 1. The van der Waals surface area contributed by atoms with Crippen LogP contribution >= 0.6 is 0 Å². The molecular weight excluding hydrogens is 266 g/mol. The molecule has 1 aliphatic rings. The third kappa shape index (κ3) is 3.98. The molecule has 0 heterocycles. The molecule has 0 radical (unpaired) electrons. The molecule has 1 aliphatic carbocycles. The molecule has 0 aromatic heterocycles. The first-order chi connectivity index (χ1) is 10.0. The number of carbonyl (C=O) groups excluding carboxylic acids is 1. The lowest BCUT2D eigenvalue weighted by Gasteiger charge is -2.22. The number of hydrogen-bond acceptors (Lipinski definition) is 5. The summed E-state index contributed by atoms with van der Waals surface area (Å²) in [7, 11) is 0. The zero-order chi connectivity index (χ0) is 15.4. The number of hydrazine groups is 1. The SMILES string of the molecule is CCOC(=O)/C=C/c1ccc(N(N)CC2CC2)c(N)c1C. The topological polar surface area (TPSA) is 81.6 Å². The van der Waals surface area contributed by atoms with Crippen molar-refractivity contribution in [1.29, 1.82) is 0 Å². The lowest BCUT2D eigenvalue weighted by atomic mass is 10.0. The Morgan fingerprint density at radius 2 is 2.19 bits per heavy atom. The fourth-order valence-corrected chi connectivity index (χ4v) is 2.19. The van der Waals surface area contributed by atoms with Gasteiger partial charge in [-0.3, -0.25) is 0 Å². The highest BCUT2D eigenvalue weighted by Gasteiger charge is 2.24. The molecule has 0 spiro atoms. The number of anilines is 2. The van der Waals surface area contributed by atoms with E-state index in [1.165, 1.54) is 18.9 Å². The van der Waals surface area contributed by atoms with Gasteiger partial charge in [0.05, 0.1) is 18.0 Å². The van der Waals surface area contributed by atoms with Gasteiger partial charge in [0, 0.05) is 12.6 Å². The predicted octanol–water partition coefficient (Wildman–Crippen LogP) is 2.24. The van der Waals surface area contributed by atoms with Crippen LogP contribution in [0.25, 0.3) is 6.08 Å². The van der Waals surface area contributed by atoms with Crippen molar-refractivity contribution in [2.24, 2.45) is 11.8 Å². The standard InChI is InChI=1S/C16H23N3O2/c1-3-21-15(20)9-7-13-6-8-14(16(17)11(13)2)19(18)10-12-4-5-12/h6-9,12H,3-5,10,17-18H2,1-2H3/b9-7+. The van der Waals surface area contributed by atoms with E-state index < -0.39 is 0 Å². The van der Waals surface area contributed by atoms with Gasteiger partial charge in [0.1, 0.15) is 0 Å². The number of benzene rings is 1. The van der Waals surface area contributed by atoms with Crippen LogP contribution in [0.3, 0.4) is 0 Å². The van der Waals surface area contributed by atoms with Crippen molar-refractivity contribution in [3.63, 3.8) is 0 Å². The number of ether oxygens (including phenoxy) is 1. The second-order valence-electron chi connectivity index (χ2n) is 5.39. The van der Waals surface area contributed by atoms with E-state index in [9.17, 15) is 4.79 Å². The van der Waals surface area contributed by atoms with Gasteiger partial charge in [-0.15, -0.1) is 0 Å². The zero-order valence-electron chi connectivity index (χ0n) is 12.6. The molecular formula is C16H23N3O2. The number of nitrogens with zero attached hydrogens (tertiary/aromatic N) is 1. The Hall–Kier alpha value is -2.01. The third-order valence-corrected chi connectivity index (χ3v) is 3.68. The molecule has 5 heteroatoms. The molecule has 114 valence electrons. The van der Waals surface area contributed by atoms with E-state index in [1.54, 1.807) is 18.0 Å². The van der Waals surface area contributed by atoms with Crippen LogP contribution in [0.15, 0.2) is 18.2 Å². The van der Waals surface area contributed by atoms with Gasteiger partial charge >= 0.3 is 5.97 Å². The molecule has 2 rings (SSSR count). The van der Waals surface area contributed by atoms with Gasteiger partial charge in [-0.05, 0) is 55.9 Å². The van der Waals surface area contributed by atoms with Crippen LogP contribution in [0.1, 0.15) is 30.9 Å². The highest BCUT2D eigenvalue weighted by Crippen LogP contribution is 2.33. The van der Waals surface area contributed by atoms with Crippen molar-refractivity contribution in [3.8, 4) is 0 Å². The first kappa shape index (κ1) is 15.4. The second-order valence-corrected chi connectivity index (χ2v) is 5.39. The van der Waals surface area contributed by atoms with Crippen LogP contribution in [0.4, 0.5) is 11.4 Å². The lowest BCUT2D eigenvalue weighted by molar-refractivity contribution is -0.137. The minimum atomic E-state index is -0.353. The number of hydrogen-bond donors (Lipinski definition) is 2. The van der Waals surface area contributed by atoms with Crippen LogP contribution in [0.5, 0.6) is 0 Å². The van der Waals surface area contributed by atoms with E-state index in [1.807, 2.05) is 19.1 Å². The van der Waals surface area contributed by atoms with Crippen LogP contribution in [0, 0.1) is 12.8 Å². The molecule has 4 N–H and O–H groups in total. The molecule has 1 aromatic rings. The van der Waals surface area contributed by atoms with Crippen molar-refractivity contribution in [2.45, 2.75) is 26.7 Å². The minimum absolute atomic E-state index is 0.353. The molecule has 1 saturated carbocycles. The first-order valence-corrected chi connectivity index (χ1v) is 7.29. The summed E-state index contributed by atoms with van der Waals surface area (Å²) >= 11 is 0. The lowest BCUT2D eigenvalue weighted by Crippen LogP contribution is -2.33. The summed E-state index contributed by atoms with van der Waals surface area (Å²) < 4.78 is 4.86. The molecule has 0 unspecified atom stereocenters. The van der Waals surface area contributed by atoms with Crippen LogP contribution in [-0.4, -0.2) is 19.1 Å². The molecule has 0 bridgehead atoms. The van der Waals surface area contributed by atoms with Crippen molar-refractivity contribution < 1.29 is 9.53 Å². The molecule has 5 nitrogen and oxygen atoms in total. The van der Waals surface area contributed by atoms with Gasteiger partial charge in [0.2, 0.25) is 0 Å². The molecule has 0 saturated heterocycles. The summed E-state index contributed by atoms with van der Waals surface area (Å²) in [6.07, 6.45) is 5.62. The van der Waals surface area contributed by atoms with Gasteiger partial charge in [-0.2, -0.15) is 0 Å². The van der Waals surface area contributed by atoms with Crippen molar-refractivity contribution in [1.82, 2.24) is 0 Å². The Balaban J connectivity index is 2.14. The summed E-state index contributed by atoms with van der Waals surface area (Å²) in [5, 5.41) is 1.72. The summed E-state index contributed by atoms with van der Waals surface area (Å²) in [5.41, 5.74) is 9.48. The Morgan fingerprint density at radius 3 is 2.81 bits per heavy atom. The van der Waals surface area contributed by atoms with E-state index in [-0.39, 0.29) is 5.97 Å². The summed E-state index contributed by atoms with van der Waals surface area (Å²) in [5.74, 6) is 6.42. The maximum Gasteiger partial charge on any atom is 0.330 e. The number of nitrogen functional groups attached to an aromatic ring is 1. The quantitative estimate of drug-likeness (QED) is 0.276. The highest BCUT2D eigenvalue weighted by molar-refractivity contribution is 5.88. The van der Waals surface area contributed by atoms with Gasteiger partial charge < -0.3 is 15.5 Å². The average Bonchev–Trinajstić information content (AvgIpc) is 3.24. The summed E-state index contributed by atoms with van der Waals surface area (Å²) in [6.45, 7) is 4.91. The Labute approximate surface area is 125 Å². The van der Waals surface area contributed by atoms with Gasteiger partial charge in [0.25, 0.3) is 0 Å². The molecule has 0 atom stereocenters. The minimum Gasteiger partial charge on any atom is -0.463 e. The van der Waals surface area contributed by atoms with Crippen molar-refractivity contribution in [3.05, 3.63) is 29.3 Å². The van der Waals surface area contributed by atoms with E-state index >= 15 is 0 Å². The normalized spacial score (nSPS) is 14.4. The van der Waals surface area contributed by atoms with E-state index in [0.29, 0.717) is 18.2 Å².